The third kappa shape index (κ3) is 6.66. The van der Waals surface area contributed by atoms with Crippen LogP contribution in [0.5, 0.6) is 5.75 Å². The monoisotopic (exact) mass is 470 g/mol. The molecule has 8 heteroatoms. The number of Topliss-reactive ketones (excluding diaryl/α,β-unsaturated/α-hetero) is 1. The number of ether oxygens (including phenoxy) is 3. The predicted molar refractivity (Wildman–Crippen MR) is 125 cm³/mol. The quantitative estimate of drug-likeness (QED) is 0.369. The van der Waals surface area contributed by atoms with Gasteiger partial charge in [0.2, 0.25) is 12.0 Å². The summed E-state index contributed by atoms with van der Waals surface area (Å²) in [4.78, 5) is 29.3. The summed E-state index contributed by atoms with van der Waals surface area (Å²) >= 11 is 5.97. The van der Waals surface area contributed by atoms with Gasteiger partial charge in [0.1, 0.15) is 19.0 Å². The highest BCUT2D eigenvalue weighted by atomic mass is 35.5. The van der Waals surface area contributed by atoms with Gasteiger partial charge in [0.15, 0.2) is 0 Å². The van der Waals surface area contributed by atoms with Crippen molar-refractivity contribution in [2.24, 2.45) is 5.41 Å². The summed E-state index contributed by atoms with van der Waals surface area (Å²) in [5.41, 5.74) is 1.01. The van der Waals surface area contributed by atoms with Crippen molar-refractivity contribution in [3.05, 3.63) is 72.3 Å². The number of hydrogen-bond donors (Lipinski definition) is 0. The Morgan fingerprint density at radius 2 is 1.70 bits per heavy atom. The number of aromatic nitrogens is 2. The summed E-state index contributed by atoms with van der Waals surface area (Å²) in [5, 5.41) is 0.673. The van der Waals surface area contributed by atoms with Gasteiger partial charge in [-0.3, -0.25) is 9.36 Å². The predicted octanol–water partition coefficient (Wildman–Crippen LogP) is 4.96. The first kappa shape index (κ1) is 24.5. The van der Waals surface area contributed by atoms with E-state index in [0.29, 0.717) is 17.4 Å². The smallest absolute Gasteiger partial charge is 0.332 e. The van der Waals surface area contributed by atoms with E-state index in [0.717, 1.165) is 11.1 Å². The van der Waals surface area contributed by atoms with E-state index in [1.165, 1.54) is 6.33 Å². The van der Waals surface area contributed by atoms with Crippen molar-refractivity contribution >= 4 is 23.4 Å². The number of imidazole rings is 1. The van der Waals surface area contributed by atoms with Gasteiger partial charge in [-0.2, -0.15) is 0 Å². The van der Waals surface area contributed by atoms with Crippen LogP contribution in [0.15, 0.2) is 67.3 Å². The average Bonchev–Trinajstić information content (AvgIpc) is 3.35. The van der Waals surface area contributed by atoms with E-state index in [1.54, 1.807) is 49.9 Å². The van der Waals surface area contributed by atoms with Crippen LogP contribution < -0.4 is 4.74 Å². The minimum absolute atomic E-state index is 0.0954. The topological polar surface area (TPSA) is 79.6 Å². The minimum Gasteiger partial charge on any atom is -0.463 e. The Labute approximate surface area is 198 Å². The fraction of sp³-hybridized carbons (Fsp3) is 0.320. The molecule has 1 atom stereocenters. The number of nitrogens with zero attached hydrogens (tertiary/aromatic N) is 2. The Kier molecular flexibility index (Phi) is 8.25. The molecule has 174 valence electrons. The van der Waals surface area contributed by atoms with Gasteiger partial charge < -0.3 is 14.2 Å². The maximum atomic E-state index is 13.4. The molecule has 0 aliphatic carbocycles. The van der Waals surface area contributed by atoms with Crippen molar-refractivity contribution in [2.45, 2.75) is 27.0 Å². The second-order valence-electron chi connectivity index (χ2n) is 8.06. The third-order valence-corrected chi connectivity index (χ3v) is 5.24. The molecule has 1 aromatic heterocycles. The standard InChI is InChI=1S/C25H27ClN2O5/c1-4-31-15-22(29)32-16-25(2,3)23(30)24(28-14-13-27-17-28)33-21-11-7-19(8-12-21)18-5-9-20(26)10-6-18/h5-14,17,24H,4,15-16H2,1-3H3. The Hall–Kier alpha value is -3.16. The van der Waals surface area contributed by atoms with Gasteiger partial charge >= 0.3 is 5.97 Å². The second-order valence-corrected chi connectivity index (χ2v) is 8.49. The normalized spacial score (nSPS) is 12.2. The molecule has 0 radical (unpaired) electrons. The lowest BCUT2D eigenvalue weighted by Crippen LogP contribution is -2.39. The zero-order valence-electron chi connectivity index (χ0n) is 18.9. The molecule has 0 spiro atoms. The Bertz CT molecular complexity index is 1050. The Morgan fingerprint density at radius 3 is 2.27 bits per heavy atom. The molecular weight excluding hydrogens is 444 g/mol. The zero-order chi connectivity index (χ0) is 23.8. The lowest BCUT2D eigenvalue weighted by Gasteiger charge is -2.28. The van der Waals surface area contributed by atoms with Crippen LogP contribution in [0.2, 0.25) is 5.02 Å². The number of benzene rings is 2. The summed E-state index contributed by atoms with van der Waals surface area (Å²) in [5.74, 6) is -0.258. The fourth-order valence-electron chi connectivity index (χ4n) is 3.05. The number of carbonyl (C=O) groups excluding carboxylic acids is 2. The Balaban J connectivity index is 1.74. The molecule has 0 amide bonds. The highest BCUT2D eigenvalue weighted by Gasteiger charge is 2.37. The van der Waals surface area contributed by atoms with Crippen LogP contribution in [0.1, 0.15) is 27.0 Å². The summed E-state index contributed by atoms with van der Waals surface area (Å²) < 4.78 is 18.0. The summed E-state index contributed by atoms with van der Waals surface area (Å²) in [6.07, 6.45) is 3.76. The lowest BCUT2D eigenvalue weighted by molar-refractivity contribution is -0.156. The van der Waals surface area contributed by atoms with E-state index in [2.05, 4.69) is 4.98 Å². The van der Waals surface area contributed by atoms with Crippen LogP contribution in [0.25, 0.3) is 11.1 Å². The van der Waals surface area contributed by atoms with Gasteiger partial charge in [0.05, 0.1) is 11.7 Å². The van der Waals surface area contributed by atoms with Gasteiger partial charge in [-0.25, -0.2) is 9.78 Å². The second kappa shape index (κ2) is 11.1. The number of halogens is 1. The first-order valence-electron chi connectivity index (χ1n) is 10.6. The fourth-order valence-corrected chi connectivity index (χ4v) is 3.17. The van der Waals surface area contributed by atoms with Crippen molar-refractivity contribution in [3.63, 3.8) is 0 Å². The van der Waals surface area contributed by atoms with E-state index in [1.807, 2.05) is 36.4 Å². The number of rotatable bonds is 11. The van der Waals surface area contributed by atoms with Crippen LogP contribution >= 0.6 is 11.6 Å². The van der Waals surface area contributed by atoms with E-state index >= 15 is 0 Å². The molecule has 0 N–H and O–H groups in total. The van der Waals surface area contributed by atoms with Gasteiger partial charge in [-0.15, -0.1) is 0 Å². The molecule has 33 heavy (non-hydrogen) atoms. The van der Waals surface area contributed by atoms with Crippen molar-refractivity contribution in [1.82, 2.24) is 9.55 Å². The maximum absolute atomic E-state index is 13.4. The third-order valence-electron chi connectivity index (χ3n) is 4.98. The van der Waals surface area contributed by atoms with Gasteiger partial charge in [0.25, 0.3) is 0 Å². The summed E-state index contributed by atoms with van der Waals surface area (Å²) in [6.45, 7) is 5.37. The van der Waals surface area contributed by atoms with Crippen LogP contribution in [-0.4, -0.2) is 41.1 Å². The maximum Gasteiger partial charge on any atom is 0.332 e. The van der Waals surface area contributed by atoms with E-state index in [4.69, 9.17) is 25.8 Å². The summed E-state index contributed by atoms with van der Waals surface area (Å²) in [7, 11) is 0. The number of ketones is 1. The molecule has 1 unspecified atom stereocenters. The molecule has 0 bridgehead atoms. The molecule has 1 heterocycles. The Morgan fingerprint density at radius 1 is 1.06 bits per heavy atom. The SMILES string of the molecule is CCOCC(=O)OCC(C)(C)C(=O)C(Oc1ccc(-c2ccc(Cl)cc2)cc1)n1ccnc1. The molecule has 3 rings (SSSR count). The largest absolute Gasteiger partial charge is 0.463 e. The molecular formula is C25H27ClN2O5. The first-order chi connectivity index (χ1) is 15.8. The van der Waals surface area contributed by atoms with Crippen LogP contribution in [0.3, 0.4) is 0 Å². The van der Waals surface area contributed by atoms with E-state index < -0.39 is 17.6 Å². The molecule has 7 nitrogen and oxygen atoms in total. The molecule has 0 aliphatic heterocycles. The van der Waals surface area contributed by atoms with Gasteiger partial charge in [-0.1, -0.05) is 35.9 Å². The highest BCUT2D eigenvalue weighted by Crippen LogP contribution is 2.29. The minimum atomic E-state index is -1.000. The van der Waals surface area contributed by atoms with Crippen LogP contribution in [-0.2, 0) is 19.1 Å². The first-order valence-corrected chi connectivity index (χ1v) is 11.0. The number of esters is 1. The lowest BCUT2D eigenvalue weighted by atomic mass is 9.88. The molecule has 3 aromatic rings. The molecule has 2 aromatic carbocycles. The van der Waals surface area contributed by atoms with Crippen molar-refractivity contribution in [2.75, 3.05) is 19.8 Å². The van der Waals surface area contributed by atoms with E-state index in [9.17, 15) is 9.59 Å². The van der Waals surface area contributed by atoms with E-state index in [-0.39, 0.29) is 19.0 Å². The van der Waals surface area contributed by atoms with Crippen LogP contribution in [0, 0.1) is 5.41 Å². The molecule has 0 fully saturated rings. The van der Waals surface area contributed by atoms with Gasteiger partial charge in [0, 0.05) is 24.0 Å². The summed E-state index contributed by atoms with van der Waals surface area (Å²) in [6, 6.07) is 15.0. The number of hydrogen-bond acceptors (Lipinski definition) is 6. The molecule has 0 aliphatic rings. The van der Waals surface area contributed by atoms with Crippen molar-refractivity contribution < 1.29 is 23.8 Å². The van der Waals surface area contributed by atoms with Crippen molar-refractivity contribution in [1.29, 1.82) is 0 Å². The molecule has 0 saturated carbocycles. The highest BCUT2D eigenvalue weighted by molar-refractivity contribution is 6.30. The molecule has 0 saturated heterocycles. The van der Waals surface area contributed by atoms with Gasteiger partial charge in [-0.05, 0) is 56.2 Å². The van der Waals surface area contributed by atoms with Crippen molar-refractivity contribution in [3.8, 4) is 16.9 Å². The van der Waals surface area contributed by atoms with Crippen LogP contribution in [0.4, 0.5) is 0 Å². The zero-order valence-corrected chi connectivity index (χ0v) is 19.6. The average molecular weight is 471 g/mol. The number of carbonyl (C=O) groups is 2.